The van der Waals surface area contributed by atoms with Gasteiger partial charge in [0, 0.05) is 40.2 Å². The van der Waals surface area contributed by atoms with Gasteiger partial charge in [0.2, 0.25) is 5.91 Å². The van der Waals surface area contributed by atoms with Gasteiger partial charge in [-0.2, -0.15) is 5.26 Å². The van der Waals surface area contributed by atoms with Gasteiger partial charge in [-0.3, -0.25) is 14.4 Å². The van der Waals surface area contributed by atoms with E-state index in [1.165, 1.54) is 11.1 Å². The van der Waals surface area contributed by atoms with E-state index in [4.69, 9.17) is 11.3 Å². The highest BCUT2D eigenvalue weighted by Crippen LogP contribution is 2.54. The number of fused-ring (bicyclic) bond motifs is 3. The van der Waals surface area contributed by atoms with Gasteiger partial charge in [0.25, 0.3) is 12.6 Å². The second kappa shape index (κ2) is 15.3. The molecule has 3 heterocycles. The van der Waals surface area contributed by atoms with Crippen LogP contribution in [0.4, 0.5) is 17.1 Å². The molecule has 292 valence electrons. The third kappa shape index (κ3) is 6.29. The van der Waals surface area contributed by atoms with Crippen LogP contribution < -0.4 is 20.3 Å². The summed E-state index contributed by atoms with van der Waals surface area (Å²) >= 11 is 0. The Morgan fingerprint density at radius 2 is 1.42 bits per heavy atom. The van der Waals surface area contributed by atoms with Crippen LogP contribution >= 0.6 is 0 Å². The second-order valence-corrected chi connectivity index (χ2v) is 16.2. The number of nitrogens with zero attached hydrogens (tertiary/aromatic N) is 3. The minimum Gasteiger partial charge on any atom is -0.478 e. The van der Waals surface area contributed by atoms with Gasteiger partial charge in [-0.15, -0.1) is 0 Å². The van der Waals surface area contributed by atoms with Gasteiger partial charge in [-0.25, -0.2) is 11.5 Å². The average Bonchev–Trinajstić information content (AvgIpc) is 3.91. The topological polar surface area (TPSA) is 98.8 Å². The highest BCUT2D eigenvalue weighted by Gasteiger charge is 2.56. The molecule has 0 saturated heterocycles. The van der Waals surface area contributed by atoms with Crippen LogP contribution in [0, 0.1) is 24.8 Å². The number of rotatable bonds is 7. The van der Waals surface area contributed by atoms with Crippen LogP contribution in [-0.2, 0) is 32.3 Å². The Morgan fingerprint density at radius 1 is 0.780 bits per heavy atom. The van der Waals surface area contributed by atoms with Gasteiger partial charge < -0.3 is 15.4 Å². The number of benzene rings is 6. The van der Waals surface area contributed by atoms with Crippen LogP contribution in [0.2, 0.25) is 0 Å². The van der Waals surface area contributed by atoms with Crippen molar-refractivity contribution in [2.45, 2.75) is 50.4 Å². The third-order valence-corrected chi connectivity index (χ3v) is 11.7. The van der Waals surface area contributed by atoms with E-state index in [1.807, 2.05) is 115 Å². The molecule has 8 nitrogen and oxygen atoms in total. The van der Waals surface area contributed by atoms with E-state index in [0.717, 1.165) is 63.4 Å². The van der Waals surface area contributed by atoms with Crippen molar-refractivity contribution in [2.24, 2.45) is 0 Å². The van der Waals surface area contributed by atoms with Crippen molar-refractivity contribution in [3.63, 3.8) is 0 Å². The Kier molecular flexibility index (Phi) is 10.0. The lowest BCUT2D eigenvalue weighted by Crippen LogP contribution is -2.42. The fourth-order valence-corrected chi connectivity index (χ4v) is 9.11. The van der Waals surface area contributed by atoms with E-state index in [9.17, 15) is 14.9 Å². The third-order valence-electron chi connectivity index (χ3n) is 11.7. The summed E-state index contributed by atoms with van der Waals surface area (Å²) < 4.78 is 5.88. The molecule has 6 aromatic carbocycles. The predicted octanol–water partition coefficient (Wildman–Crippen LogP) is 9.69. The lowest BCUT2D eigenvalue weighted by atomic mass is 9.68. The van der Waals surface area contributed by atoms with Crippen molar-refractivity contribution in [2.75, 3.05) is 35.4 Å². The average molecular weight is 776 g/mol. The lowest BCUT2D eigenvalue weighted by Gasteiger charge is -2.32. The maximum Gasteiger partial charge on any atom is 0.295 e. The van der Waals surface area contributed by atoms with Crippen LogP contribution in [0.15, 0.2) is 140 Å². The number of hydrogen-bond donors (Lipinski definition) is 2. The minimum absolute atomic E-state index is 0.0198. The first-order valence-corrected chi connectivity index (χ1v) is 19.9. The molecule has 0 fully saturated rings. The first kappa shape index (κ1) is 38.7. The van der Waals surface area contributed by atoms with Gasteiger partial charge in [0.15, 0.2) is 6.61 Å². The van der Waals surface area contributed by atoms with E-state index in [2.05, 4.69) is 73.5 Å². The number of nitrogens with one attached hydrogen (secondary N) is 2. The summed E-state index contributed by atoms with van der Waals surface area (Å²) in [5.74, 6) is 0.311. The molecule has 2 N–H and O–H groups in total. The van der Waals surface area contributed by atoms with Crippen molar-refractivity contribution >= 4 is 28.9 Å². The largest absolute Gasteiger partial charge is 0.478 e. The van der Waals surface area contributed by atoms with Gasteiger partial charge in [0.05, 0.1) is 5.69 Å². The minimum atomic E-state index is -1.20. The molecule has 9 rings (SSSR count). The Labute approximate surface area is 345 Å². The van der Waals surface area contributed by atoms with Crippen molar-refractivity contribution in [1.29, 1.82) is 5.26 Å². The molecule has 2 atom stereocenters. The van der Waals surface area contributed by atoms with Crippen LogP contribution in [0.25, 0.3) is 4.85 Å². The molecule has 0 aliphatic carbocycles. The van der Waals surface area contributed by atoms with Crippen molar-refractivity contribution < 1.29 is 14.3 Å². The van der Waals surface area contributed by atoms with Gasteiger partial charge >= 0.3 is 0 Å². The zero-order valence-corrected chi connectivity index (χ0v) is 33.7. The van der Waals surface area contributed by atoms with E-state index >= 15 is 0 Å². The molecule has 59 heavy (non-hydrogen) atoms. The first-order chi connectivity index (χ1) is 28.6. The monoisotopic (exact) mass is 775 g/mol. The molecule has 2 unspecified atom stereocenters. The fraction of sp³-hybridized carbons (Fsp3) is 0.216. The molecular formula is C51H45N5O3. The zero-order valence-electron chi connectivity index (χ0n) is 33.7. The molecule has 0 saturated carbocycles. The number of carbonyl (C=O) groups is 2. The molecular weight excluding hydrogens is 731 g/mol. The highest BCUT2D eigenvalue weighted by atomic mass is 16.5. The lowest BCUT2D eigenvalue weighted by molar-refractivity contribution is -0.120. The summed E-state index contributed by atoms with van der Waals surface area (Å²) in [6.45, 7) is 16.6. The number of aryl methyl sites for hydroxylation is 1. The summed E-state index contributed by atoms with van der Waals surface area (Å²) in [6.07, 6.45) is 0.998. The molecule has 2 amide bonds. The Morgan fingerprint density at radius 3 is 2.10 bits per heavy atom. The summed E-state index contributed by atoms with van der Waals surface area (Å²) in [7, 11) is 0. The summed E-state index contributed by atoms with van der Waals surface area (Å²) in [4.78, 5) is 32.9. The highest BCUT2D eigenvalue weighted by molar-refractivity contribution is 6.14. The van der Waals surface area contributed by atoms with Crippen LogP contribution in [0.3, 0.4) is 0 Å². The van der Waals surface area contributed by atoms with Crippen molar-refractivity contribution in [1.82, 2.24) is 0 Å². The normalized spacial score (nSPS) is 18.6. The van der Waals surface area contributed by atoms with Crippen LogP contribution in [-0.4, -0.2) is 31.6 Å². The van der Waals surface area contributed by atoms with Gasteiger partial charge in [-0.1, -0.05) is 142 Å². The molecule has 0 bridgehead atoms. The smallest absolute Gasteiger partial charge is 0.295 e. The van der Waals surface area contributed by atoms with Crippen molar-refractivity contribution in [3.05, 3.63) is 201 Å². The number of nitriles is 1. The standard InChI is InChI=1S/C28H25N3O2.C23H20N2O/c1-27(2,3)21-14-15-25(33-17-16-29)23(18-21)28(20-10-6-5-7-11-20)22-12-8-9-13-24(22)31(19-30-4)26(28)32;1-15-13-16-11-12-24-21(16)19(14-15)23(17-7-3-2-4-8-17)18-9-5-6-10-20(18)25-22(23)26/h5-15,18H,17,19H2,1-3H3;2-10,13-14,24H,11-12H2,1H3,(H,25,26). The summed E-state index contributed by atoms with van der Waals surface area (Å²) in [5.41, 5.74) is 9.43. The summed E-state index contributed by atoms with van der Waals surface area (Å²) in [6, 6.07) is 47.7. The molecule has 0 radical (unpaired) electrons. The van der Waals surface area contributed by atoms with Crippen LogP contribution in [0.5, 0.6) is 5.75 Å². The number of para-hydroxylation sites is 2. The Hall–Kier alpha value is -7.16. The van der Waals surface area contributed by atoms with E-state index < -0.39 is 10.8 Å². The maximum atomic E-state index is 14.3. The first-order valence-electron chi connectivity index (χ1n) is 19.9. The number of ether oxygens (including phenoxy) is 1. The van der Waals surface area contributed by atoms with E-state index in [1.54, 1.807) is 4.90 Å². The predicted molar refractivity (Wildman–Crippen MR) is 233 cm³/mol. The van der Waals surface area contributed by atoms with E-state index in [0.29, 0.717) is 11.3 Å². The number of amides is 2. The van der Waals surface area contributed by atoms with Gasteiger partial charge in [-0.05, 0) is 65.3 Å². The quantitative estimate of drug-likeness (QED) is 0.158. The number of anilines is 3. The molecule has 8 heteroatoms. The molecule has 3 aliphatic rings. The molecule has 6 aromatic rings. The summed E-state index contributed by atoms with van der Waals surface area (Å²) in [5, 5.41) is 15.9. The van der Waals surface area contributed by atoms with Gasteiger partial charge in [0.1, 0.15) is 22.6 Å². The number of hydrogen-bond acceptors (Lipinski definition) is 5. The van der Waals surface area contributed by atoms with Crippen molar-refractivity contribution in [3.8, 4) is 11.8 Å². The maximum absolute atomic E-state index is 14.3. The van der Waals surface area contributed by atoms with Crippen LogP contribution in [0.1, 0.15) is 70.8 Å². The van der Waals surface area contributed by atoms with E-state index in [-0.39, 0.29) is 30.5 Å². The molecule has 0 spiro atoms. The molecule has 3 aliphatic heterocycles. The Balaban J connectivity index is 0.000000168. The zero-order chi connectivity index (χ0) is 41.4. The Bertz CT molecular complexity index is 2670. The molecule has 0 aromatic heterocycles. The number of carbonyl (C=O) groups excluding carboxylic acids is 2. The second-order valence-electron chi connectivity index (χ2n) is 16.2. The SMILES string of the molecule is Cc1cc2c(c(C3(c4ccccc4)C(=O)Nc4ccccc43)c1)NCC2.[C-]#[N+]CN1C(=O)C(c2ccccc2)(c2cc(C(C)(C)C)ccc2OCC#N)c2ccccc21. The fourth-order valence-electron chi connectivity index (χ4n) is 9.11.